The summed E-state index contributed by atoms with van der Waals surface area (Å²) < 4.78 is 5.07. The minimum Gasteiger partial charge on any atom is -0.444 e. The van der Waals surface area contributed by atoms with Crippen LogP contribution in [0.4, 0.5) is 4.79 Å². The molecule has 0 aromatic heterocycles. The molecule has 0 spiro atoms. The van der Waals surface area contributed by atoms with E-state index in [0.717, 1.165) is 4.90 Å². The van der Waals surface area contributed by atoms with Crippen LogP contribution in [0.2, 0.25) is 0 Å². The quantitative estimate of drug-likeness (QED) is 0.0664. The molecule has 0 bridgehead atoms. The average Bonchev–Trinajstić information content (AvgIpc) is 3.83. The number of carbonyl (C=O) groups excluding carboxylic acids is 6. The van der Waals surface area contributed by atoms with Crippen molar-refractivity contribution in [3.05, 3.63) is 0 Å². The predicted octanol–water partition coefficient (Wildman–Crippen LogP) is 1.54. The fraction of sp³-hybridized carbons (Fsp3) is 0.769. The molecule has 2 aliphatic rings. The summed E-state index contributed by atoms with van der Waals surface area (Å²) in [4.78, 5) is 75.0. The maximum absolute atomic E-state index is 12.9. The second-order valence-electron chi connectivity index (χ2n) is 11.2. The number of carbonyl (C=O) groups is 6. The first-order valence-electron chi connectivity index (χ1n) is 14.3. The molecule has 2 saturated heterocycles. The molecule has 0 saturated carbocycles. The van der Waals surface area contributed by atoms with Crippen molar-refractivity contribution in [2.45, 2.75) is 92.6 Å². The van der Waals surface area contributed by atoms with Gasteiger partial charge in [0.1, 0.15) is 27.9 Å². The van der Waals surface area contributed by atoms with E-state index in [1.54, 1.807) is 20.8 Å². The van der Waals surface area contributed by atoms with E-state index in [2.05, 4.69) is 16.0 Å². The zero-order valence-corrected chi connectivity index (χ0v) is 28.2. The van der Waals surface area contributed by atoms with Gasteiger partial charge in [-0.25, -0.2) is 4.79 Å². The van der Waals surface area contributed by atoms with Crippen LogP contribution in [0.15, 0.2) is 0 Å². The van der Waals surface area contributed by atoms with Gasteiger partial charge >= 0.3 is 6.09 Å². The van der Waals surface area contributed by atoms with Crippen LogP contribution >= 0.6 is 43.2 Å². The summed E-state index contributed by atoms with van der Waals surface area (Å²) >= 11 is 0. The largest absolute Gasteiger partial charge is 0.444 e. The van der Waals surface area contributed by atoms with E-state index < -0.39 is 41.5 Å². The predicted molar refractivity (Wildman–Crippen MR) is 173 cm³/mol. The van der Waals surface area contributed by atoms with E-state index in [1.165, 1.54) is 43.2 Å². The van der Waals surface area contributed by atoms with E-state index >= 15 is 0 Å². The van der Waals surface area contributed by atoms with Crippen molar-refractivity contribution in [2.75, 3.05) is 32.7 Å². The molecule has 2 atom stereocenters. The number of unbranched alkanes of at least 4 members (excludes halogenated alkanes) is 2. The lowest BCUT2D eigenvalue weighted by Crippen LogP contribution is -2.47. The Kier molecular flexibility index (Phi) is 16.6. The number of nitrogens with one attached hydrogen (secondary N) is 3. The minimum atomic E-state index is -0.692. The van der Waals surface area contributed by atoms with Gasteiger partial charge in [-0.1, -0.05) is 43.2 Å². The second-order valence-corrected chi connectivity index (χ2v) is 16.7. The van der Waals surface area contributed by atoms with Crippen molar-refractivity contribution < 1.29 is 33.5 Å². The maximum atomic E-state index is 12.9. The highest BCUT2D eigenvalue weighted by Crippen LogP contribution is 2.54. The third-order valence-electron chi connectivity index (χ3n) is 6.14. The first-order chi connectivity index (χ1) is 20.3. The Morgan fingerprint density at radius 3 is 1.56 bits per heavy atom. The summed E-state index contributed by atoms with van der Waals surface area (Å²) in [6.07, 6.45) is 2.80. The van der Waals surface area contributed by atoms with E-state index in [0.29, 0.717) is 51.6 Å². The van der Waals surface area contributed by atoms with Crippen LogP contribution in [0.1, 0.15) is 65.7 Å². The molecule has 0 aliphatic carbocycles. The number of alkyl carbamates (subject to hydrolysis) is 1. The molecule has 244 valence electrons. The van der Waals surface area contributed by atoms with Gasteiger partial charge in [0, 0.05) is 26.1 Å². The van der Waals surface area contributed by atoms with Crippen molar-refractivity contribution in [3.63, 3.8) is 0 Å². The maximum Gasteiger partial charge on any atom is 0.407 e. The topological polar surface area (TPSA) is 203 Å². The van der Waals surface area contributed by atoms with Crippen LogP contribution in [-0.2, 0) is 28.7 Å². The summed E-state index contributed by atoms with van der Waals surface area (Å²) in [6.45, 7) is 5.14. The fourth-order valence-electron chi connectivity index (χ4n) is 3.75. The van der Waals surface area contributed by atoms with Gasteiger partial charge in [-0.2, -0.15) is 0 Å². The van der Waals surface area contributed by atoms with Gasteiger partial charge in [-0.3, -0.25) is 24.0 Å². The number of ether oxygens (including phenoxy) is 1. The number of nitrogens with two attached hydrogens (primary N) is 2. The lowest BCUT2D eigenvalue weighted by atomic mass is 10.1. The smallest absolute Gasteiger partial charge is 0.407 e. The molecule has 0 aromatic rings. The van der Waals surface area contributed by atoms with E-state index in [9.17, 15) is 28.8 Å². The highest BCUT2D eigenvalue weighted by atomic mass is 33.2. The fourth-order valence-corrected chi connectivity index (χ4v) is 6.41. The van der Waals surface area contributed by atoms with Gasteiger partial charge in [0.15, 0.2) is 11.6 Å². The van der Waals surface area contributed by atoms with E-state index in [4.69, 9.17) is 16.2 Å². The average molecular weight is 681 g/mol. The lowest BCUT2D eigenvalue weighted by molar-refractivity contribution is -0.139. The highest BCUT2D eigenvalue weighted by Gasteiger charge is 2.36. The lowest BCUT2D eigenvalue weighted by Gasteiger charge is -2.23. The van der Waals surface area contributed by atoms with E-state index in [1.807, 2.05) is 0 Å². The number of hydrogen-bond donors (Lipinski definition) is 5. The van der Waals surface area contributed by atoms with Crippen molar-refractivity contribution in [1.82, 2.24) is 20.9 Å². The zero-order chi connectivity index (χ0) is 32.0. The number of hydrogen-bond acceptors (Lipinski definition) is 13. The summed E-state index contributed by atoms with van der Waals surface area (Å²) in [5, 5.41) is 7.98. The Morgan fingerprint density at radius 2 is 1.16 bits per heavy atom. The molecule has 2 fully saturated rings. The minimum absolute atomic E-state index is 0.0266. The van der Waals surface area contributed by atoms with Gasteiger partial charge < -0.3 is 37.1 Å². The van der Waals surface area contributed by atoms with Crippen LogP contribution in [0.5, 0.6) is 0 Å². The van der Waals surface area contributed by atoms with Crippen molar-refractivity contribution in [2.24, 2.45) is 11.5 Å². The van der Waals surface area contributed by atoms with Crippen molar-refractivity contribution in [1.29, 1.82) is 0 Å². The monoisotopic (exact) mass is 680 g/mol. The molecule has 17 heteroatoms. The number of rotatable bonds is 21. The molecular weight excluding hydrogens is 637 g/mol. The number of amides is 4. The number of ketones is 2. The molecule has 4 amide bonds. The van der Waals surface area contributed by atoms with Crippen LogP contribution in [0, 0.1) is 0 Å². The van der Waals surface area contributed by atoms with Crippen LogP contribution in [0.25, 0.3) is 0 Å². The third kappa shape index (κ3) is 16.8. The van der Waals surface area contributed by atoms with Crippen molar-refractivity contribution in [3.8, 4) is 0 Å². The Labute approximate surface area is 268 Å². The van der Waals surface area contributed by atoms with Crippen molar-refractivity contribution >= 4 is 78.6 Å². The molecule has 2 rings (SSSR count). The third-order valence-corrected chi connectivity index (χ3v) is 10.1. The SMILES string of the molecule is CC(C)(C)OC(=O)NCCC(=O)N(CC(=O)NCCCC[C@H](N)C(=O)C1SS1)CC(=O)NCCCC[C@H](N)C(=O)C1SS1. The number of nitrogens with zero attached hydrogens (tertiary/aromatic N) is 1. The molecule has 0 unspecified atom stereocenters. The summed E-state index contributed by atoms with van der Waals surface area (Å²) in [6, 6.07) is -1.02. The van der Waals surface area contributed by atoms with Crippen LogP contribution < -0.4 is 27.4 Å². The Balaban J connectivity index is 1.75. The van der Waals surface area contributed by atoms with E-state index in [-0.39, 0.29) is 46.8 Å². The first kappa shape index (κ1) is 37.5. The Bertz CT molecular complexity index is 938. The normalized spacial score (nSPS) is 16.0. The molecule has 0 radical (unpaired) electrons. The van der Waals surface area contributed by atoms with Gasteiger partial charge in [0.25, 0.3) is 0 Å². The van der Waals surface area contributed by atoms with Crippen LogP contribution in [0.3, 0.4) is 0 Å². The number of Topliss-reactive ketones (excluding diaryl/α,β-unsaturated/α-hetero) is 2. The van der Waals surface area contributed by atoms with Gasteiger partial charge in [0.05, 0.1) is 12.1 Å². The summed E-state index contributed by atoms with van der Waals surface area (Å²) in [5.41, 5.74) is 11.2. The summed E-state index contributed by atoms with van der Waals surface area (Å²) in [7, 11) is 6.04. The first-order valence-corrected chi connectivity index (χ1v) is 18.8. The second kappa shape index (κ2) is 19.0. The standard InChI is InChI=1S/C26H44N6O7S4/c1-26(2,3)39-25(38)31-13-10-20(35)32(14-18(33)29-11-6-4-8-16(27)21(36)23-40-41-23)15-19(34)30-12-7-5-9-17(28)22(37)24-42-43-24/h16-17,23-24H,4-15,27-28H2,1-3H3,(H,29,33)(H,30,34)(H,31,38)/t16-,17-/m0/s1. The highest BCUT2D eigenvalue weighted by molar-refractivity contribution is 8.93. The molecule has 2 aliphatic heterocycles. The Hall–Kier alpha value is -1.66. The molecule has 43 heavy (non-hydrogen) atoms. The Morgan fingerprint density at radius 1 is 0.721 bits per heavy atom. The zero-order valence-electron chi connectivity index (χ0n) is 24.9. The summed E-state index contributed by atoms with van der Waals surface area (Å²) in [5.74, 6) is -1.27. The molecule has 2 heterocycles. The molecule has 7 N–H and O–H groups in total. The molecular formula is C26H44N6O7S4. The van der Waals surface area contributed by atoms with Gasteiger partial charge in [-0.15, -0.1) is 0 Å². The van der Waals surface area contributed by atoms with Crippen LogP contribution in [-0.4, -0.2) is 99.9 Å². The molecule has 0 aromatic carbocycles. The van der Waals surface area contributed by atoms with Gasteiger partial charge in [0.2, 0.25) is 17.7 Å². The van der Waals surface area contributed by atoms with Gasteiger partial charge in [-0.05, 0) is 59.3 Å². The molecule has 13 nitrogen and oxygen atoms in total.